The van der Waals surface area contributed by atoms with E-state index < -0.39 is 24.5 Å². The number of hydrogen-bond donors (Lipinski definition) is 1. The molecule has 0 unspecified atom stereocenters. The molecular formula is C22H24F3N3O4. The fraction of sp³-hybridized carbons (Fsp3) is 0.500. The van der Waals surface area contributed by atoms with Crippen LogP contribution in [0.2, 0.25) is 0 Å². The minimum atomic E-state index is -4.16. The van der Waals surface area contributed by atoms with Gasteiger partial charge in [0.1, 0.15) is 5.69 Å². The maximum atomic E-state index is 12.4. The lowest BCUT2D eigenvalue weighted by Crippen LogP contribution is -2.37. The molecule has 1 saturated heterocycles. The molecule has 0 spiro atoms. The molecular weight excluding hydrogens is 427 g/mol. The molecule has 32 heavy (non-hydrogen) atoms. The van der Waals surface area contributed by atoms with Gasteiger partial charge in [-0.25, -0.2) is 4.98 Å². The molecule has 1 fully saturated rings. The molecule has 1 N–H and O–H groups in total. The first kappa shape index (κ1) is 22.2. The second-order valence-electron chi connectivity index (χ2n) is 8.02. The third-order valence-electron chi connectivity index (χ3n) is 5.74. The van der Waals surface area contributed by atoms with E-state index in [4.69, 9.17) is 14.5 Å². The largest absolute Gasteiger partial charge is 0.481 e. The fourth-order valence-corrected chi connectivity index (χ4v) is 3.97. The minimum Gasteiger partial charge on any atom is -0.481 e. The number of aromatic nitrogens is 2. The number of ether oxygens (including phenoxy) is 2. The normalized spacial score (nSPS) is 16.4. The molecule has 172 valence electrons. The van der Waals surface area contributed by atoms with Crippen molar-refractivity contribution in [1.82, 2.24) is 9.97 Å². The summed E-state index contributed by atoms with van der Waals surface area (Å²) in [7, 11) is 0. The lowest BCUT2D eigenvalue weighted by molar-refractivity contribution is -0.142. The number of carbonyl (C=O) groups is 1. The summed E-state index contributed by atoms with van der Waals surface area (Å²) in [6, 6.07) is 5.47. The monoisotopic (exact) mass is 451 g/mol. The fourth-order valence-electron chi connectivity index (χ4n) is 3.97. The van der Waals surface area contributed by atoms with Gasteiger partial charge in [-0.2, -0.15) is 13.2 Å². The van der Waals surface area contributed by atoms with E-state index in [9.17, 15) is 23.1 Å². The number of carboxylic acids is 1. The summed E-state index contributed by atoms with van der Waals surface area (Å²) < 4.78 is 48.1. The van der Waals surface area contributed by atoms with Crippen LogP contribution >= 0.6 is 0 Å². The molecule has 7 nitrogen and oxygen atoms in total. The number of fused-ring (bicyclic) bond motifs is 1. The zero-order chi connectivity index (χ0) is 22.7. The summed E-state index contributed by atoms with van der Waals surface area (Å²) in [6.07, 6.45) is -1.60. The summed E-state index contributed by atoms with van der Waals surface area (Å²) in [6.45, 7) is 1.18. The number of aryl methyl sites for hydroxylation is 1. The first-order chi connectivity index (χ1) is 15.3. The molecule has 0 atom stereocenters. The van der Waals surface area contributed by atoms with Crippen molar-refractivity contribution < 1.29 is 32.5 Å². The quantitative estimate of drug-likeness (QED) is 0.623. The Kier molecular flexibility index (Phi) is 6.38. The number of benzene rings is 1. The Labute approximate surface area is 183 Å². The van der Waals surface area contributed by atoms with Crippen molar-refractivity contribution in [3.8, 4) is 22.8 Å². The summed E-state index contributed by atoms with van der Waals surface area (Å²) in [4.78, 5) is 22.6. The Balaban J connectivity index is 1.57. The lowest BCUT2D eigenvalue weighted by atomic mass is 9.97. The highest BCUT2D eigenvalue weighted by Gasteiger charge is 2.28. The van der Waals surface area contributed by atoms with Gasteiger partial charge >= 0.3 is 12.1 Å². The number of piperidine rings is 1. The maximum absolute atomic E-state index is 12.4. The molecule has 3 heterocycles. The Morgan fingerprint density at radius 1 is 1.16 bits per heavy atom. The zero-order valence-corrected chi connectivity index (χ0v) is 17.4. The van der Waals surface area contributed by atoms with E-state index in [0.29, 0.717) is 67.5 Å². The van der Waals surface area contributed by atoms with Gasteiger partial charge in [-0.3, -0.25) is 9.78 Å². The van der Waals surface area contributed by atoms with Crippen LogP contribution in [0.15, 0.2) is 24.4 Å². The van der Waals surface area contributed by atoms with E-state index in [2.05, 4.69) is 4.98 Å². The molecule has 0 bridgehead atoms. The average molecular weight is 451 g/mol. The Morgan fingerprint density at radius 2 is 1.91 bits per heavy atom. The van der Waals surface area contributed by atoms with Crippen LogP contribution in [0.5, 0.6) is 11.5 Å². The zero-order valence-electron chi connectivity index (χ0n) is 17.4. The second kappa shape index (κ2) is 9.22. The number of rotatable bonds is 7. The molecule has 0 radical (unpaired) electrons. The van der Waals surface area contributed by atoms with E-state index in [0.717, 1.165) is 5.56 Å². The molecule has 2 aliphatic heterocycles. The minimum absolute atomic E-state index is 0.0361. The number of carboxylic acid groups (broad SMARTS) is 1. The van der Waals surface area contributed by atoms with Crippen molar-refractivity contribution in [2.24, 2.45) is 5.92 Å². The third kappa shape index (κ3) is 5.23. The Bertz CT molecular complexity index is 975. The van der Waals surface area contributed by atoms with Crippen LogP contribution in [0.1, 0.15) is 37.8 Å². The van der Waals surface area contributed by atoms with Crippen molar-refractivity contribution >= 4 is 11.8 Å². The smallest absolute Gasteiger partial charge is 0.389 e. The molecule has 0 saturated carbocycles. The molecule has 0 aliphatic carbocycles. The standard InChI is InChI=1S/C22H24F3N3O4/c23-22(24,25)8-2-1-3-16-12-26-19(15-4-5-17-18(11-15)32-13-31-17)20(27-16)28-9-6-14(7-10-28)21(29)30/h4-5,11-12,14H,1-3,6-10,13H2,(H,29,30). The topological polar surface area (TPSA) is 84.8 Å². The van der Waals surface area contributed by atoms with Crippen molar-refractivity contribution in [3.05, 3.63) is 30.1 Å². The van der Waals surface area contributed by atoms with Gasteiger partial charge < -0.3 is 19.5 Å². The summed E-state index contributed by atoms with van der Waals surface area (Å²) in [5.74, 6) is 0.674. The van der Waals surface area contributed by atoms with Gasteiger partial charge in [0.15, 0.2) is 17.3 Å². The molecule has 1 aromatic heterocycles. The van der Waals surface area contributed by atoms with Gasteiger partial charge in [0.05, 0.1) is 11.6 Å². The van der Waals surface area contributed by atoms with Crippen LogP contribution in [0.25, 0.3) is 11.3 Å². The van der Waals surface area contributed by atoms with Gasteiger partial charge in [0, 0.05) is 31.3 Å². The van der Waals surface area contributed by atoms with Crippen molar-refractivity contribution in [3.63, 3.8) is 0 Å². The molecule has 1 aromatic carbocycles. The Morgan fingerprint density at radius 3 is 2.62 bits per heavy atom. The molecule has 10 heteroatoms. The number of halogens is 3. The number of aliphatic carboxylic acids is 1. The van der Waals surface area contributed by atoms with Crippen LogP contribution in [0.4, 0.5) is 19.0 Å². The third-order valence-corrected chi connectivity index (χ3v) is 5.74. The van der Waals surface area contributed by atoms with Crippen LogP contribution in [-0.2, 0) is 11.2 Å². The highest BCUT2D eigenvalue weighted by Crippen LogP contribution is 2.38. The highest BCUT2D eigenvalue weighted by molar-refractivity contribution is 5.75. The van der Waals surface area contributed by atoms with E-state index >= 15 is 0 Å². The van der Waals surface area contributed by atoms with Crippen LogP contribution < -0.4 is 14.4 Å². The van der Waals surface area contributed by atoms with Gasteiger partial charge in [0.25, 0.3) is 0 Å². The molecule has 2 aromatic rings. The number of hydrogen-bond acceptors (Lipinski definition) is 6. The summed E-state index contributed by atoms with van der Waals surface area (Å²) >= 11 is 0. The summed E-state index contributed by atoms with van der Waals surface area (Å²) in [5, 5.41) is 9.29. The van der Waals surface area contributed by atoms with Crippen LogP contribution in [0, 0.1) is 5.92 Å². The summed E-state index contributed by atoms with van der Waals surface area (Å²) in [5.41, 5.74) is 2.02. The highest BCUT2D eigenvalue weighted by atomic mass is 19.4. The lowest BCUT2D eigenvalue weighted by Gasteiger charge is -2.32. The Hall–Kier alpha value is -3.04. The average Bonchev–Trinajstić information content (AvgIpc) is 3.24. The first-order valence-corrected chi connectivity index (χ1v) is 10.6. The van der Waals surface area contributed by atoms with Gasteiger partial charge in [0.2, 0.25) is 6.79 Å². The van der Waals surface area contributed by atoms with Gasteiger partial charge in [-0.05, 0) is 50.3 Å². The maximum Gasteiger partial charge on any atom is 0.389 e. The number of nitrogens with zero attached hydrogens (tertiary/aromatic N) is 3. The first-order valence-electron chi connectivity index (χ1n) is 10.6. The van der Waals surface area contributed by atoms with E-state index in [1.165, 1.54) is 0 Å². The predicted octanol–water partition coefficient (Wildman–Crippen LogP) is 4.45. The van der Waals surface area contributed by atoms with Crippen molar-refractivity contribution in [2.45, 2.75) is 44.7 Å². The van der Waals surface area contributed by atoms with Crippen molar-refractivity contribution in [1.29, 1.82) is 0 Å². The molecule has 4 rings (SSSR count). The molecule has 0 amide bonds. The van der Waals surface area contributed by atoms with Crippen LogP contribution in [-0.4, -0.2) is 47.1 Å². The SMILES string of the molecule is O=C(O)C1CCN(c2nc(CCCCC(F)(F)F)cnc2-c2ccc3c(c2)OCO3)CC1. The predicted molar refractivity (Wildman–Crippen MR) is 110 cm³/mol. The van der Waals surface area contributed by atoms with Crippen LogP contribution in [0.3, 0.4) is 0 Å². The van der Waals surface area contributed by atoms with Gasteiger partial charge in [-0.15, -0.1) is 0 Å². The number of unbranched alkanes of at least 4 members (excludes halogenated alkanes) is 1. The van der Waals surface area contributed by atoms with E-state index in [1.54, 1.807) is 12.3 Å². The number of alkyl halides is 3. The van der Waals surface area contributed by atoms with Gasteiger partial charge in [-0.1, -0.05) is 0 Å². The number of anilines is 1. The van der Waals surface area contributed by atoms with E-state index in [-0.39, 0.29) is 13.2 Å². The van der Waals surface area contributed by atoms with Crippen molar-refractivity contribution in [2.75, 3.05) is 24.8 Å². The second-order valence-corrected chi connectivity index (χ2v) is 8.02. The molecule has 2 aliphatic rings. The van der Waals surface area contributed by atoms with E-state index in [1.807, 2.05) is 17.0 Å².